The van der Waals surface area contributed by atoms with Gasteiger partial charge in [-0.05, 0) is 36.8 Å². The summed E-state index contributed by atoms with van der Waals surface area (Å²) in [4.78, 5) is 31.1. The molecule has 0 unspecified atom stereocenters. The smallest absolute Gasteiger partial charge is 0.324 e. The van der Waals surface area contributed by atoms with Gasteiger partial charge in [-0.15, -0.1) is 0 Å². The Labute approximate surface area is 167 Å². The van der Waals surface area contributed by atoms with Crippen LogP contribution in [0.3, 0.4) is 0 Å². The molecule has 1 aliphatic rings. The third kappa shape index (κ3) is 3.53. The molecule has 2 aromatic carbocycles. The summed E-state index contributed by atoms with van der Waals surface area (Å²) < 4.78 is 2.01. The minimum atomic E-state index is -0.668. The molecule has 3 aromatic rings. The summed E-state index contributed by atoms with van der Waals surface area (Å²) in [6.45, 7) is 3.24. The number of urea groups is 1. The maximum Gasteiger partial charge on any atom is 0.324 e. The lowest BCUT2D eigenvalue weighted by molar-refractivity contribution is -0.122. The molecule has 4 rings (SSSR count). The summed E-state index contributed by atoms with van der Waals surface area (Å²) in [6, 6.07) is 14.0. The number of halogens is 1. The van der Waals surface area contributed by atoms with Crippen molar-refractivity contribution in [1.82, 2.24) is 20.2 Å². The quantitative estimate of drug-likeness (QED) is 0.710. The van der Waals surface area contributed by atoms with Gasteiger partial charge in [-0.1, -0.05) is 35.9 Å². The van der Waals surface area contributed by atoms with E-state index < -0.39 is 6.04 Å². The fourth-order valence-corrected chi connectivity index (χ4v) is 3.38. The molecule has 0 fully saturated rings. The Morgan fingerprint density at radius 2 is 1.89 bits per heavy atom. The molecule has 7 nitrogen and oxygen atoms in total. The lowest BCUT2D eigenvalue weighted by atomic mass is 10.2. The van der Waals surface area contributed by atoms with Crippen molar-refractivity contribution in [2.24, 2.45) is 0 Å². The predicted octanol–water partition coefficient (Wildman–Crippen LogP) is 2.92. The largest absolute Gasteiger partial charge is 0.350 e. The van der Waals surface area contributed by atoms with Gasteiger partial charge < -0.3 is 15.2 Å². The van der Waals surface area contributed by atoms with Crippen molar-refractivity contribution in [2.75, 3.05) is 11.4 Å². The first kappa shape index (κ1) is 18.3. The summed E-state index contributed by atoms with van der Waals surface area (Å²) in [5.74, 6) is 0.350. The molecule has 0 saturated heterocycles. The molecule has 8 heteroatoms. The van der Waals surface area contributed by atoms with Crippen LogP contribution in [-0.4, -0.2) is 34.1 Å². The molecule has 28 heavy (non-hydrogen) atoms. The minimum absolute atomic E-state index is 0.254. The van der Waals surface area contributed by atoms with Crippen molar-refractivity contribution in [3.05, 3.63) is 59.1 Å². The predicted molar refractivity (Wildman–Crippen MR) is 108 cm³/mol. The molecule has 0 spiro atoms. The van der Waals surface area contributed by atoms with E-state index in [0.717, 1.165) is 16.6 Å². The number of para-hydroxylation sites is 2. The molecule has 144 valence electrons. The highest BCUT2D eigenvalue weighted by Gasteiger charge is 2.29. The molecule has 1 atom stereocenters. The number of nitrogens with zero attached hydrogens (tertiary/aromatic N) is 3. The van der Waals surface area contributed by atoms with Crippen molar-refractivity contribution >= 4 is 40.5 Å². The van der Waals surface area contributed by atoms with Crippen LogP contribution in [0.25, 0.3) is 11.0 Å². The van der Waals surface area contributed by atoms with Crippen molar-refractivity contribution < 1.29 is 9.59 Å². The van der Waals surface area contributed by atoms with Crippen LogP contribution in [0.1, 0.15) is 12.5 Å². The van der Waals surface area contributed by atoms with Gasteiger partial charge in [0.1, 0.15) is 6.04 Å². The Morgan fingerprint density at radius 1 is 1.14 bits per heavy atom. The van der Waals surface area contributed by atoms with Crippen molar-refractivity contribution in [3.63, 3.8) is 0 Å². The van der Waals surface area contributed by atoms with E-state index in [-0.39, 0.29) is 11.9 Å². The Balaban J connectivity index is 1.37. The van der Waals surface area contributed by atoms with Gasteiger partial charge in [-0.3, -0.25) is 9.69 Å². The van der Waals surface area contributed by atoms with Crippen molar-refractivity contribution in [2.45, 2.75) is 26.1 Å². The second-order valence-electron chi connectivity index (χ2n) is 6.72. The zero-order valence-electron chi connectivity index (χ0n) is 15.4. The van der Waals surface area contributed by atoms with Gasteiger partial charge in [-0.25, -0.2) is 9.78 Å². The minimum Gasteiger partial charge on any atom is -0.350 e. The first-order chi connectivity index (χ1) is 13.5. The summed E-state index contributed by atoms with van der Waals surface area (Å²) in [6.07, 6.45) is 0. The van der Waals surface area contributed by atoms with Gasteiger partial charge in [0.05, 0.1) is 11.0 Å². The van der Waals surface area contributed by atoms with Gasteiger partial charge in [0.2, 0.25) is 11.9 Å². The van der Waals surface area contributed by atoms with E-state index >= 15 is 0 Å². The molecule has 2 heterocycles. The number of rotatable bonds is 4. The number of carbonyl (C=O) groups excluding carboxylic acids is 2. The molecule has 1 aromatic heterocycles. The van der Waals surface area contributed by atoms with Crippen LogP contribution in [0.5, 0.6) is 0 Å². The molecular formula is C20H20ClN5O2. The van der Waals surface area contributed by atoms with E-state index in [1.54, 1.807) is 24.0 Å². The Kier molecular flexibility index (Phi) is 4.92. The summed E-state index contributed by atoms with van der Waals surface area (Å²) in [7, 11) is 0. The average Bonchev–Trinajstić information content (AvgIpc) is 3.26. The molecule has 0 radical (unpaired) electrons. The molecular weight excluding hydrogens is 378 g/mol. The van der Waals surface area contributed by atoms with Crippen LogP contribution in [0.4, 0.5) is 10.7 Å². The fourth-order valence-electron chi connectivity index (χ4n) is 3.25. The third-order valence-corrected chi connectivity index (χ3v) is 5.03. The number of hydrogen-bond donors (Lipinski definition) is 2. The number of anilines is 1. The third-order valence-electron chi connectivity index (χ3n) is 4.78. The van der Waals surface area contributed by atoms with Gasteiger partial charge >= 0.3 is 6.03 Å². The number of fused-ring (bicyclic) bond motifs is 3. The highest BCUT2D eigenvalue weighted by atomic mass is 35.5. The van der Waals surface area contributed by atoms with E-state index in [2.05, 4.69) is 15.6 Å². The molecule has 0 aliphatic carbocycles. The Hall–Kier alpha value is -3.06. The van der Waals surface area contributed by atoms with Crippen LogP contribution >= 0.6 is 11.6 Å². The molecule has 2 N–H and O–H groups in total. The number of aromatic nitrogens is 2. The van der Waals surface area contributed by atoms with Crippen molar-refractivity contribution in [3.8, 4) is 0 Å². The monoisotopic (exact) mass is 397 g/mol. The maximum atomic E-state index is 12.7. The molecule has 0 saturated carbocycles. The average molecular weight is 398 g/mol. The Bertz CT molecular complexity index is 1030. The number of nitrogens with one attached hydrogen (secondary N) is 2. The summed E-state index contributed by atoms with van der Waals surface area (Å²) >= 11 is 5.86. The van der Waals surface area contributed by atoms with Gasteiger partial charge in [0.25, 0.3) is 0 Å². The highest BCUT2D eigenvalue weighted by Crippen LogP contribution is 2.27. The molecule has 3 amide bonds. The SMILES string of the molecule is C[C@H](NC(=O)N1CCn2c1nc1ccccc12)C(=O)NCc1ccc(Cl)cc1. The van der Waals surface area contributed by atoms with Crippen LogP contribution in [0, 0.1) is 0 Å². The molecule has 1 aliphatic heterocycles. The summed E-state index contributed by atoms with van der Waals surface area (Å²) in [5.41, 5.74) is 2.79. The highest BCUT2D eigenvalue weighted by molar-refractivity contribution is 6.30. The zero-order valence-corrected chi connectivity index (χ0v) is 16.1. The van der Waals surface area contributed by atoms with E-state index in [4.69, 9.17) is 11.6 Å². The van der Waals surface area contributed by atoms with E-state index in [0.29, 0.717) is 30.6 Å². The summed E-state index contributed by atoms with van der Waals surface area (Å²) in [5, 5.41) is 6.22. The number of hydrogen-bond acceptors (Lipinski definition) is 3. The normalized spacial score (nSPS) is 14.0. The van der Waals surface area contributed by atoms with Crippen LogP contribution in [-0.2, 0) is 17.9 Å². The zero-order chi connectivity index (χ0) is 19.7. The number of imidazole rings is 1. The first-order valence-corrected chi connectivity index (χ1v) is 9.46. The van der Waals surface area contributed by atoms with Crippen molar-refractivity contribution in [1.29, 1.82) is 0 Å². The number of carbonyl (C=O) groups is 2. The standard InChI is InChI=1S/C20H20ClN5O2/c1-13(18(27)22-12-14-6-8-15(21)9-7-14)23-20(28)26-11-10-25-17-5-3-2-4-16(17)24-19(25)26/h2-9,13H,10-12H2,1H3,(H,22,27)(H,23,28)/t13-/m0/s1. The van der Waals surface area contributed by atoms with Crippen LogP contribution in [0.15, 0.2) is 48.5 Å². The number of amides is 3. The van der Waals surface area contributed by atoms with E-state index in [1.165, 1.54) is 0 Å². The van der Waals surface area contributed by atoms with Gasteiger partial charge in [0.15, 0.2) is 0 Å². The second-order valence-corrected chi connectivity index (χ2v) is 7.16. The van der Waals surface area contributed by atoms with Crippen LogP contribution in [0.2, 0.25) is 5.02 Å². The lowest BCUT2D eigenvalue weighted by Gasteiger charge is -2.19. The lowest BCUT2D eigenvalue weighted by Crippen LogP contribution is -2.49. The molecule has 0 bridgehead atoms. The van der Waals surface area contributed by atoms with E-state index in [9.17, 15) is 9.59 Å². The fraction of sp³-hybridized carbons (Fsp3) is 0.250. The van der Waals surface area contributed by atoms with Gasteiger partial charge in [-0.2, -0.15) is 0 Å². The Morgan fingerprint density at radius 3 is 2.68 bits per heavy atom. The van der Waals surface area contributed by atoms with E-state index in [1.807, 2.05) is 41.0 Å². The van der Waals surface area contributed by atoms with Crippen LogP contribution < -0.4 is 15.5 Å². The first-order valence-electron chi connectivity index (χ1n) is 9.08. The second kappa shape index (κ2) is 7.52. The number of benzene rings is 2. The maximum absolute atomic E-state index is 12.7. The van der Waals surface area contributed by atoms with Gasteiger partial charge in [0, 0.05) is 24.7 Å². The topological polar surface area (TPSA) is 79.3 Å².